The predicted octanol–water partition coefficient (Wildman–Crippen LogP) is 1.14. The van der Waals surface area contributed by atoms with E-state index in [0.29, 0.717) is 11.5 Å². The summed E-state index contributed by atoms with van der Waals surface area (Å²) in [6.07, 6.45) is 0.971. The quantitative estimate of drug-likeness (QED) is 0.770. The molecule has 0 saturated carbocycles. The number of aromatic carboxylic acids is 1. The summed E-state index contributed by atoms with van der Waals surface area (Å²) in [7, 11) is 4.04. The first kappa shape index (κ1) is 15.2. The standard InChI is InChI=1S/C13H22N4O2/c1-4-17(9-5-8-16(2)3)12-10(14)6-7-11(15-12)13(18)19/h6-7H,4-5,8-9,14H2,1-3H3,(H,18,19). The first-order valence-electron chi connectivity index (χ1n) is 6.35. The van der Waals surface area contributed by atoms with E-state index < -0.39 is 5.97 Å². The number of carbonyl (C=O) groups is 1. The maximum Gasteiger partial charge on any atom is 0.354 e. The molecule has 106 valence electrons. The van der Waals surface area contributed by atoms with Crippen LogP contribution in [-0.2, 0) is 0 Å². The summed E-state index contributed by atoms with van der Waals surface area (Å²) in [5.74, 6) is -0.480. The number of nitrogens with zero attached hydrogens (tertiary/aromatic N) is 3. The normalized spacial score (nSPS) is 10.7. The first-order chi connectivity index (χ1) is 8.95. The Labute approximate surface area is 113 Å². The molecule has 0 aliphatic rings. The van der Waals surface area contributed by atoms with Crippen LogP contribution in [0.3, 0.4) is 0 Å². The Bertz CT molecular complexity index is 435. The minimum Gasteiger partial charge on any atom is -0.477 e. The van der Waals surface area contributed by atoms with Crippen molar-refractivity contribution in [2.24, 2.45) is 0 Å². The summed E-state index contributed by atoms with van der Waals surface area (Å²) >= 11 is 0. The third-order valence-electron chi connectivity index (χ3n) is 2.84. The van der Waals surface area contributed by atoms with Gasteiger partial charge in [0.15, 0.2) is 11.5 Å². The minimum absolute atomic E-state index is 0.0234. The predicted molar refractivity (Wildman–Crippen MR) is 76.7 cm³/mol. The van der Waals surface area contributed by atoms with Gasteiger partial charge in [0.05, 0.1) is 5.69 Å². The molecule has 0 radical (unpaired) electrons. The van der Waals surface area contributed by atoms with Crippen LogP contribution in [0.4, 0.5) is 11.5 Å². The molecule has 0 bridgehead atoms. The number of hydrogen-bond donors (Lipinski definition) is 2. The van der Waals surface area contributed by atoms with Crippen molar-refractivity contribution in [2.75, 3.05) is 44.4 Å². The fourth-order valence-corrected chi connectivity index (χ4v) is 1.82. The average Bonchev–Trinajstić information content (AvgIpc) is 2.35. The van der Waals surface area contributed by atoms with E-state index in [1.165, 1.54) is 6.07 Å². The molecule has 0 aliphatic heterocycles. The van der Waals surface area contributed by atoms with Crippen LogP contribution >= 0.6 is 0 Å². The molecule has 1 heterocycles. The van der Waals surface area contributed by atoms with E-state index >= 15 is 0 Å². The summed E-state index contributed by atoms with van der Waals surface area (Å²) < 4.78 is 0. The Morgan fingerprint density at radius 2 is 2.05 bits per heavy atom. The number of carboxylic acid groups (broad SMARTS) is 1. The summed E-state index contributed by atoms with van der Waals surface area (Å²) in [6.45, 7) is 4.52. The van der Waals surface area contributed by atoms with Gasteiger partial charge in [-0.25, -0.2) is 9.78 Å². The van der Waals surface area contributed by atoms with E-state index in [1.54, 1.807) is 6.07 Å². The zero-order valence-corrected chi connectivity index (χ0v) is 11.8. The van der Waals surface area contributed by atoms with Gasteiger partial charge in [-0.1, -0.05) is 0 Å². The fraction of sp³-hybridized carbons (Fsp3) is 0.538. The van der Waals surface area contributed by atoms with Crippen molar-refractivity contribution in [1.82, 2.24) is 9.88 Å². The third kappa shape index (κ3) is 4.40. The molecule has 0 aromatic carbocycles. The third-order valence-corrected chi connectivity index (χ3v) is 2.84. The van der Waals surface area contributed by atoms with Gasteiger partial charge in [-0.15, -0.1) is 0 Å². The maximum absolute atomic E-state index is 11.0. The monoisotopic (exact) mass is 266 g/mol. The lowest BCUT2D eigenvalue weighted by Gasteiger charge is -2.24. The number of pyridine rings is 1. The zero-order valence-electron chi connectivity index (χ0n) is 11.8. The fourth-order valence-electron chi connectivity index (χ4n) is 1.82. The van der Waals surface area contributed by atoms with Gasteiger partial charge in [-0.2, -0.15) is 0 Å². The van der Waals surface area contributed by atoms with Crippen LogP contribution in [0.5, 0.6) is 0 Å². The van der Waals surface area contributed by atoms with Gasteiger partial charge in [0.25, 0.3) is 0 Å². The number of hydrogen-bond acceptors (Lipinski definition) is 5. The Hall–Kier alpha value is -1.82. The second-order valence-electron chi connectivity index (χ2n) is 4.65. The van der Waals surface area contributed by atoms with Crippen LogP contribution in [-0.4, -0.2) is 54.7 Å². The van der Waals surface area contributed by atoms with E-state index in [9.17, 15) is 4.79 Å². The molecular formula is C13H22N4O2. The Morgan fingerprint density at radius 1 is 1.37 bits per heavy atom. The minimum atomic E-state index is -1.04. The number of rotatable bonds is 7. The van der Waals surface area contributed by atoms with E-state index in [-0.39, 0.29) is 5.69 Å². The van der Waals surface area contributed by atoms with E-state index in [1.807, 2.05) is 25.9 Å². The average molecular weight is 266 g/mol. The molecular weight excluding hydrogens is 244 g/mol. The van der Waals surface area contributed by atoms with Crippen LogP contribution < -0.4 is 10.6 Å². The number of carboxylic acids is 1. The van der Waals surface area contributed by atoms with Crippen molar-refractivity contribution < 1.29 is 9.90 Å². The summed E-state index contributed by atoms with van der Waals surface area (Å²) in [4.78, 5) is 19.2. The lowest BCUT2D eigenvalue weighted by molar-refractivity contribution is 0.0690. The van der Waals surface area contributed by atoms with E-state index in [2.05, 4.69) is 9.88 Å². The molecule has 6 nitrogen and oxygen atoms in total. The number of anilines is 2. The van der Waals surface area contributed by atoms with Crippen LogP contribution in [0.2, 0.25) is 0 Å². The Morgan fingerprint density at radius 3 is 2.58 bits per heavy atom. The molecule has 3 N–H and O–H groups in total. The molecule has 1 aromatic heterocycles. The topological polar surface area (TPSA) is 82.7 Å². The van der Waals surface area contributed by atoms with Crippen molar-refractivity contribution >= 4 is 17.5 Å². The van der Waals surface area contributed by atoms with Crippen LogP contribution in [0, 0.1) is 0 Å². The van der Waals surface area contributed by atoms with Gasteiger partial charge in [-0.3, -0.25) is 0 Å². The highest BCUT2D eigenvalue weighted by Gasteiger charge is 2.13. The van der Waals surface area contributed by atoms with Gasteiger partial charge in [0, 0.05) is 13.1 Å². The van der Waals surface area contributed by atoms with Gasteiger partial charge in [0.2, 0.25) is 0 Å². The second kappa shape index (κ2) is 6.94. The molecule has 0 fully saturated rings. The highest BCUT2D eigenvalue weighted by Crippen LogP contribution is 2.21. The summed E-state index contributed by atoms with van der Waals surface area (Å²) in [5.41, 5.74) is 6.42. The van der Waals surface area contributed by atoms with Gasteiger partial charge >= 0.3 is 5.97 Å². The first-order valence-corrected chi connectivity index (χ1v) is 6.35. The van der Waals surface area contributed by atoms with Gasteiger partial charge < -0.3 is 20.6 Å². The molecule has 0 saturated heterocycles. The molecule has 0 aliphatic carbocycles. The van der Waals surface area contributed by atoms with Crippen LogP contribution in [0.25, 0.3) is 0 Å². The molecule has 1 rings (SSSR count). The van der Waals surface area contributed by atoms with Crippen molar-refractivity contribution in [3.63, 3.8) is 0 Å². The van der Waals surface area contributed by atoms with Crippen molar-refractivity contribution in [2.45, 2.75) is 13.3 Å². The Balaban J connectivity index is 2.84. The van der Waals surface area contributed by atoms with Crippen LogP contribution in [0.15, 0.2) is 12.1 Å². The van der Waals surface area contributed by atoms with Gasteiger partial charge in [0.1, 0.15) is 0 Å². The van der Waals surface area contributed by atoms with Crippen molar-refractivity contribution in [3.8, 4) is 0 Å². The maximum atomic E-state index is 11.0. The van der Waals surface area contributed by atoms with Gasteiger partial charge in [-0.05, 0) is 46.1 Å². The highest BCUT2D eigenvalue weighted by atomic mass is 16.4. The number of nitrogen functional groups attached to an aromatic ring is 1. The van der Waals surface area contributed by atoms with E-state index in [4.69, 9.17) is 10.8 Å². The summed E-state index contributed by atoms with van der Waals surface area (Å²) in [5, 5.41) is 8.97. The molecule has 6 heteroatoms. The molecule has 0 spiro atoms. The smallest absolute Gasteiger partial charge is 0.354 e. The second-order valence-corrected chi connectivity index (χ2v) is 4.65. The lowest BCUT2D eigenvalue weighted by atomic mass is 10.3. The molecule has 0 unspecified atom stereocenters. The van der Waals surface area contributed by atoms with E-state index in [0.717, 1.165) is 26.1 Å². The molecule has 0 amide bonds. The highest BCUT2D eigenvalue weighted by molar-refractivity contribution is 5.86. The van der Waals surface area contributed by atoms with Crippen molar-refractivity contribution in [1.29, 1.82) is 0 Å². The number of nitrogens with two attached hydrogens (primary N) is 1. The zero-order chi connectivity index (χ0) is 14.4. The van der Waals surface area contributed by atoms with Crippen molar-refractivity contribution in [3.05, 3.63) is 17.8 Å². The SMILES string of the molecule is CCN(CCCN(C)C)c1nc(C(=O)O)ccc1N. The lowest BCUT2D eigenvalue weighted by Crippen LogP contribution is -2.29. The largest absolute Gasteiger partial charge is 0.477 e. The summed E-state index contributed by atoms with van der Waals surface area (Å²) in [6, 6.07) is 3.02. The Kier molecular flexibility index (Phi) is 5.57. The number of aromatic nitrogens is 1. The molecule has 0 atom stereocenters. The van der Waals surface area contributed by atoms with Crippen LogP contribution in [0.1, 0.15) is 23.8 Å². The molecule has 1 aromatic rings. The molecule has 19 heavy (non-hydrogen) atoms.